The summed E-state index contributed by atoms with van der Waals surface area (Å²) in [5.74, 6) is -2.26. The van der Waals surface area contributed by atoms with Gasteiger partial charge < -0.3 is 10.4 Å². The Hall–Kier alpha value is -1.57. The second kappa shape index (κ2) is 6.79. The number of anilines is 1. The second-order valence-corrected chi connectivity index (χ2v) is 7.99. The van der Waals surface area contributed by atoms with Gasteiger partial charge in [0.2, 0.25) is 5.91 Å². The van der Waals surface area contributed by atoms with Crippen LogP contribution in [-0.4, -0.2) is 17.2 Å². The minimum atomic E-state index is -4.96. The molecule has 144 valence electrons. The molecule has 0 bridgehead atoms. The number of aliphatic hydroxyl groups is 1. The van der Waals surface area contributed by atoms with Crippen molar-refractivity contribution in [2.24, 2.45) is 0 Å². The van der Waals surface area contributed by atoms with Gasteiger partial charge in [-0.25, -0.2) is 0 Å². The number of carbonyl (C=O) groups is 1. The fourth-order valence-corrected chi connectivity index (χ4v) is 4.23. The molecule has 0 saturated heterocycles. The predicted octanol–water partition coefficient (Wildman–Crippen LogP) is 5.71. The number of hydrogen-bond acceptors (Lipinski definition) is 2. The highest BCUT2D eigenvalue weighted by molar-refractivity contribution is 9.10. The molecule has 2 N–H and O–H groups in total. The molecule has 0 spiro atoms. The molecule has 0 fully saturated rings. The van der Waals surface area contributed by atoms with E-state index >= 15 is 0 Å². The van der Waals surface area contributed by atoms with Crippen LogP contribution in [0.25, 0.3) is 0 Å². The Bertz CT molecular complexity index is 918. The predicted molar refractivity (Wildman–Crippen MR) is 101 cm³/mol. The van der Waals surface area contributed by atoms with E-state index in [9.17, 15) is 23.1 Å². The molecular formula is C19H16BrClF3NO2. The number of rotatable bonds is 3. The number of amides is 1. The van der Waals surface area contributed by atoms with Gasteiger partial charge in [-0.15, -0.1) is 0 Å². The van der Waals surface area contributed by atoms with Crippen molar-refractivity contribution in [3.05, 3.63) is 62.6 Å². The van der Waals surface area contributed by atoms with E-state index < -0.39 is 23.6 Å². The Morgan fingerprint density at radius 3 is 2.48 bits per heavy atom. The normalized spacial score (nSPS) is 20.0. The van der Waals surface area contributed by atoms with Gasteiger partial charge in [-0.2, -0.15) is 13.2 Å². The lowest BCUT2D eigenvalue weighted by Crippen LogP contribution is -2.46. The van der Waals surface area contributed by atoms with Gasteiger partial charge in [0.15, 0.2) is 5.60 Å². The third-order valence-electron chi connectivity index (χ3n) is 5.10. The standard InChI is InChI=1S/C19H16BrClF3NO2/c1-9-14-7-11(3-6-16(14)25-17(9)26)18(27,19(22,23)24)10(2)13-5-4-12(20)8-15(13)21/h3-10,27H,1-2H3,(H,25,26). The molecule has 1 aliphatic heterocycles. The first-order valence-corrected chi connectivity index (χ1v) is 9.33. The van der Waals surface area contributed by atoms with Crippen LogP contribution < -0.4 is 5.32 Å². The minimum Gasteiger partial charge on any atom is -0.376 e. The fraction of sp³-hybridized carbons (Fsp3) is 0.316. The van der Waals surface area contributed by atoms with E-state index in [0.29, 0.717) is 15.7 Å². The number of nitrogens with one attached hydrogen (secondary N) is 1. The van der Waals surface area contributed by atoms with Crippen LogP contribution in [0.5, 0.6) is 0 Å². The third-order valence-corrected chi connectivity index (χ3v) is 5.92. The van der Waals surface area contributed by atoms with Crippen molar-refractivity contribution >= 4 is 39.1 Å². The summed E-state index contributed by atoms with van der Waals surface area (Å²) in [5, 5.41) is 13.6. The van der Waals surface area contributed by atoms with Crippen molar-refractivity contribution in [1.29, 1.82) is 0 Å². The Balaban J connectivity index is 2.16. The van der Waals surface area contributed by atoms with Gasteiger partial charge in [0.1, 0.15) is 0 Å². The summed E-state index contributed by atoms with van der Waals surface area (Å²) >= 11 is 9.36. The summed E-state index contributed by atoms with van der Waals surface area (Å²) in [5.41, 5.74) is -2.46. The number of fused-ring (bicyclic) bond motifs is 1. The summed E-state index contributed by atoms with van der Waals surface area (Å²) in [4.78, 5) is 11.8. The SMILES string of the molecule is CC1C(=O)Nc2ccc(C(O)(C(C)c3ccc(Br)cc3Cl)C(F)(F)F)cc21. The Morgan fingerprint density at radius 1 is 1.22 bits per heavy atom. The van der Waals surface area contributed by atoms with Crippen LogP contribution >= 0.6 is 27.5 Å². The number of alkyl halides is 3. The summed E-state index contributed by atoms with van der Waals surface area (Å²) in [7, 11) is 0. The average Bonchev–Trinajstić information content (AvgIpc) is 2.86. The van der Waals surface area contributed by atoms with Crippen molar-refractivity contribution in [2.75, 3.05) is 5.32 Å². The quantitative estimate of drug-likeness (QED) is 0.614. The molecule has 3 unspecified atom stereocenters. The van der Waals surface area contributed by atoms with E-state index in [4.69, 9.17) is 11.6 Å². The first-order valence-electron chi connectivity index (χ1n) is 8.16. The number of carbonyl (C=O) groups excluding carboxylic acids is 1. The zero-order valence-electron chi connectivity index (χ0n) is 14.4. The van der Waals surface area contributed by atoms with Crippen LogP contribution in [0.4, 0.5) is 18.9 Å². The molecule has 27 heavy (non-hydrogen) atoms. The fourth-order valence-electron chi connectivity index (χ4n) is 3.39. The van der Waals surface area contributed by atoms with Gasteiger partial charge in [0, 0.05) is 21.1 Å². The summed E-state index contributed by atoms with van der Waals surface area (Å²) in [6.45, 7) is 2.88. The van der Waals surface area contributed by atoms with Gasteiger partial charge in [0.05, 0.1) is 5.92 Å². The Morgan fingerprint density at radius 2 is 1.89 bits per heavy atom. The maximum absolute atomic E-state index is 14.1. The number of hydrogen-bond donors (Lipinski definition) is 2. The third kappa shape index (κ3) is 3.26. The lowest BCUT2D eigenvalue weighted by Gasteiger charge is -2.37. The molecule has 1 aliphatic rings. The van der Waals surface area contributed by atoms with Gasteiger partial charge in [-0.1, -0.05) is 46.6 Å². The van der Waals surface area contributed by atoms with Crippen molar-refractivity contribution in [1.82, 2.24) is 0 Å². The van der Waals surface area contributed by atoms with Crippen LogP contribution in [0.2, 0.25) is 5.02 Å². The summed E-state index contributed by atoms with van der Waals surface area (Å²) < 4.78 is 42.9. The molecular weight excluding hydrogens is 447 g/mol. The van der Waals surface area contributed by atoms with E-state index in [0.717, 1.165) is 0 Å². The van der Waals surface area contributed by atoms with Crippen molar-refractivity contribution in [2.45, 2.75) is 37.5 Å². The first-order chi connectivity index (χ1) is 12.5. The molecule has 0 saturated carbocycles. The highest BCUT2D eigenvalue weighted by Crippen LogP contribution is 2.51. The highest BCUT2D eigenvalue weighted by atomic mass is 79.9. The molecule has 2 aromatic carbocycles. The first kappa shape index (κ1) is 20.2. The molecule has 3 rings (SSSR count). The van der Waals surface area contributed by atoms with Crippen molar-refractivity contribution < 1.29 is 23.1 Å². The smallest absolute Gasteiger partial charge is 0.376 e. The van der Waals surface area contributed by atoms with Crippen LogP contribution in [0, 0.1) is 0 Å². The molecule has 3 nitrogen and oxygen atoms in total. The van der Waals surface area contributed by atoms with Crippen molar-refractivity contribution in [3.8, 4) is 0 Å². The largest absolute Gasteiger partial charge is 0.422 e. The second-order valence-electron chi connectivity index (χ2n) is 6.66. The van der Waals surface area contributed by atoms with E-state index in [1.165, 1.54) is 37.3 Å². The maximum Gasteiger partial charge on any atom is 0.422 e. The average molecular weight is 463 g/mol. The van der Waals surface area contributed by atoms with Crippen molar-refractivity contribution in [3.63, 3.8) is 0 Å². The highest BCUT2D eigenvalue weighted by Gasteiger charge is 2.59. The Kier molecular flexibility index (Phi) is 5.08. The van der Waals surface area contributed by atoms with E-state index in [2.05, 4.69) is 21.2 Å². The number of halogens is 5. The van der Waals surface area contributed by atoms with Gasteiger partial charge in [0.25, 0.3) is 0 Å². The van der Waals surface area contributed by atoms with Crippen LogP contribution in [0.3, 0.4) is 0 Å². The van der Waals surface area contributed by atoms with Gasteiger partial charge in [-0.05, 0) is 47.9 Å². The van der Waals surface area contributed by atoms with Gasteiger partial charge >= 0.3 is 6.18 Å². The zero-order chi connectivity index (χ0) is 20.1. The number of benzene rings is 2. The molecule has 0 aliphatic carbocycles. The lowest BCUT2D eigenvalue weighted by atomic mass is 9.77. The Labute approximate surface area is 167 Å². The van der Waals surface area contributed by atoms with E-state index in [-0.39, 0.29) is 22.1 Å². The van der Waals surface area contributed by atoms with Crippen LogP contribution in [0.1, 0.15) is 42.4 Å². The lowest BCUT2D eigenvalue weighted by molar-refractivity contribution is -0.274. The molecule has 0 radical (unpaired) electrons. The summed E-state index contributed by atoms with van der Waals surface area (Å²) in [6.07, 6.45) is -4.96. The van der Waals surface area contributed by atoms with Crippen LogP contribution in [-0.2, 0) is 10.4 Å². The molecule has 0 aromatic heterocycles. The molecule has 2 aromatic rings. The topological polar surface area (TPSA) is 49.3 Å². The molecule has 1 heterocycles. The minimum absolute atomic E-state index is 0.117. The van der Waals surface area contributed by atoms with E-state index in [1.807, 2.05) is 0 Å². The molecule has 3 atom stereocenters. The maximum atomic E-state index is 14.1. The zero-order valence-corrected chi connectivity index (χ0v) is 16.7. The monoisotopic (exact) mass is 461 g/mol. The molecule has 8 heteroatoms. The van der Waals surface area contributed by atoms with Crippen LogP contribution in [0.15, 0.2) is 40.9 Å². The molecule has 1 amide bonds. The van der Waals surface area contributed by atoms with E-state index in [1.54, 1.807) is 13.0 Å². The van der Waals surface area contributed by atoms with Gasteiger partial charge in [-0.3, -0.25) is 4.79 Å². The summed E-state index contributed by atoms with van der Waals surface area (Å²) in [6, 6.07) is 8.33.